The maximum absolute atomic E-state index is 2.20. The quantitative estimate of drug-likeness (QED) is 0.494. The first-order chi connectivity index (χ1) is 6.27. The van der Waals surface area contributed by atoms with Crippen molar-refractivity contribution in [1.82, 2.24) is 0 Å². The van der Waals surface area contributed by atoms with Crippen molar-refractivity contribution in [2.75, 3.05) is 0 Å². The summed E-state index contributed by atoms with van der Waals surface area (Å²) in [6.07, 6.45) is 2.00. The zero-order valence-electron chi connectivity index (χ0n) is 9.80. The first-order valence-electron chi connectivity index (χ1n) is 4.64. The van der Waals surface area contributed by atoms with Gasteiger partial charge in [-0.05, 0) is 0 Å². The number of aryl methyl sites for hydroxylation is 1. The predicted molar refractivity (Wildman–Crippen MR) is 59.9 cm³/mol. The van der Waals surface area contributed by atoms with Crippen molar-refractivity contribution in [3.05, 3.63) is 48.4 Å². The minimum Gasteiger partial charge on any atom is -1.00 e. The van der Waals surface area contributed by atoms with Gasteiger partial charge in [0.2, 0.25) is 0 Å². The van der Waals surface area contributed by atoms with E-state index < -0.39 is 0 Å². The number of halogens is 2. The van der Waals surface area contributed by atoms with Gasteiger partial charge in [0.15, 0.2) is 0 Å². The molecule has 3 heteroatoms. The van der Waals surface area contributed by atoms with Crippen molar-refractivity contribution < 1.29 is 51.0 Å². The average Bonchev–Trinajstić information content (AvgIpc) is 2.45. The average molecular weight is 334 g/mol. The predicted octanol–water partition coefficient (Wildman–Crippen LogP) is -1.90. The van der Waals surface area contributed by atoms with Gasteiger partial charge >= 0.3 is 26.2 Å². The minimum absolute atomic E-state index is 0. The fourth-order valence-electron chi connectivity index (χ4n) is 1.31. The molecular weight excluding hydrogens is 318 g/mol. The summed E-state index contributed by atoms with van der Waals surface area (Å²) in [6.45, 7) is 6.12. The van der Waals surface area contributed by atoms with Crippen LogP contribution in [0.1, 0.15) is 19.4 Å². The molecule has 0 heterocycles. The van der Waals surface area contributed by atoms with Gasteiger partial charge in [0.05, 0.1) is 0 Å². The zero-order valence-corrected chi connectivity index (χ0v) is 13.8. The summed E-state index contributed by atoms with van der Waals surface area (Å²) in [7, 11) is 0. The number of hydrogen-bond acceptors (Lipinski definition) is 0. The van der Waals surface area contributed by atoms with E-state index in [1.807, 2.05) is 20.3 Å². The molecule has 0 unspecified atom stereocenters. The standard InChI is InChI=1S/C10H9.C3H7.2ClH.Zr/c1-8-6-9-4-2-3-5-10(9)7-8;1-3-2;;;/h2-7H,1H3;3H,1-2H3;2*1H;/q2*-1;;;+4/p-2. The SMILES string of the molecule is C[CH-]C.Cc1cc2ccccc2[cH-]1.[Cl-].[Cl-].[Zr+4]. The maximum atomic E-state index is 2.20. The Morgan fingerprint density at radius 3 is 2.06 bits per heavy atom. The van der Waals surface area contributed by atoms with E-state index in [0.717, 1.165) is 0 Å². The second-order valence-corrected chi connectivity index (χ2v) is 3.24. The molecule has 16 heavy (non-hydrogen) atoms. The molecule has 0 spiro atoms. The van der Waals surface area contributed by atoms with Crippen molar-refractivity contribution in [3.8, 4) is 0 Å². The van der Waals surface area contributed by atoms with Crippen molar-refractivity contribution in [3.63, 3.8) is 0 Å². The molecule has 0 saturated carbocycles. The van der Waals surface area contributed by atoms with Crippen LogP contribution in [-0.2, 0) is 26.2 Å². The molecule has 0 aliphatic rings. The molecule has 0 amide bonds. The fourth-order valence-corrected chi connectivity index (χ4v) is 1.31. The second-order valence-electron chi connectivity index (χ2n) is 3.24. The molecule has 0 atom stereocenters. The van der Waals surface area contributed by atoms with Gasteiger partial charge in [0.1, 0.15) is 0 Å². The van der Waals surface area contributed by atoms with Crippen LogP contribution in [-0.4, -0.2) is 0 Å². The summed E-state index contributed by atoms with van der Waals surface area (Å²) in [6, 6.07) is 12.8. The second kappa shape index (κ2) is 11.8. The molecular formula is C13H16Cl2Zr. The van der Waals surface area contributed by atoms with Crippen molar-refractivity contribution in [2.24, 2.45) is 0 Å². The Labute approximate surface area is 130 Å². The van der Waals surface area contributed by atoms with Crippen LogP contribution in [0.5, 0.6) is 0 Å². The van der Waals surface area contributed by atoms with E-state index in [-0.39, 0.29) is 51.0 Å². The number of fused-ring (bicyclic) bond motifs is 1. The Kier molecular flexibility index (Phi) is 15.9. The largest absolute Gasteiger partial charge is 4.00 e. The molecule has 2 rings (SSSR count). The van der Waals surface area contributed by atoms with Crippen molar-refractivity contribution >= 4 is 10.8 Å². The Morgan fingerprint density at radius 2 is 1.56 bits per heavy atom. The molecule has 0 fully saturated rings. The van der Waals surface area contributed by atoms with Crippen molar-refractivity contribution in [2.45, 2.75) is 20.8 Å². The Balaban J connectivity index is -0.000000258. The smallest absolute Gasteiger partial charge is 1.00 e. The molecule has 0 nitrogen and oxygen atoms in total. The number of hydrogen-bond donors (Lipinski definition) is 0. The first kappa shape index (κ1) is 21.6. The van der Waals surface area contributed by atoms with Crippen LogP contribution in [0.15, 0.2) is 36.4 Å². The summed E-state index contributed by atoms with van der Waals surface area (Å²) in [5.74, 6) is 0. The van der Waals surface area contributed by atoms with E-state index in [2.05, 4.69) is 43.3 Å². The molecule has 0 aromatic heterocycles. The van der Waals surface area contributed by atoms with Crippen LogP contribution >= 0.6 is 0 Å². The normalized spacial score (nSPS) is 7.69. The third-order valence-electron chi connectivity index (χ3n) is 1.76. The summed E-state index contributed by atoms with van der Waals surface area (Å²) >= 11 is 0. The van der Waals surface area contributed by atoms with Crippen LogP contribution in [0.2, 0.25) is 0 Å². The van der Waals surface area contributed by atoms with Gasteiger partial charge in [-0.25, -0.2) is 0 Å². The monoisotopic (exact) mass is 332 g/mol. The summed E-state index contributed by atoms with van der Waals surface area (Å²) in [4.78, 5) is 0. The minimum atomic E-state index is 0. The maximum Gasteiger partial charge on any atom is 4.00 e. The molecule has 0 radical (unpaired) electrons. The fraction of sp³-hybridized carbons (Fsp3) is 0.231. The van der Waals surface area contributed by atoms with Crippen LogP contribution in [0, 0.1) is 13.3 Å². The molecule has 86 valence electrons. The van der Waals surface area contributed by atoms with E-state index in [0.29, 0.717) is 0 Å². The van der Waals surface area contributed by atoms with Gasteiger partial charge in [0, 0.05) is 0 Å². The summed E-state index contributed by atoms with van der Waals surface area (Å²) in [5, 5.41) is 2.69. The van der Waals surface area contributed by atoms with Crippen LogP contribution < -0.4 is 24.8 Å². The molecule has 2 aromatic rings. The van der Waals surface area contributed by atoms with E-state index >= 15 is 0 Å². The van der Waals surface area contributed by atoms with E-state index in [9.17, 15) is 0 Å². The number of rotatable bonds is 0. The van der Waals surface area contributed by atoms with Gasteiger partial charge in [-0.3, -0.25) is 0 Å². The zero-order chi connectivity index (χ0) is 9.68. The Bertz CT molecular complexity index is 336. The molecule has 0 aliphatic carbocycles. The van der Waals surface area contributed by atoms with Gasteiger partial charge in [-0.15, -0.1) is 40.6 Å². The van der Waals surface area contributed by atoms with Gasteiger partial charge in [-0.2, -0.15) is 19.9 Å². The van der Waals surface area contributed by atoms with E-state index in [1.54, 1.807) is 0 Å². The van der Waals surface area contributed by atoms with Gasteiger partial charge in [-0.1, -0.05) is 13.0 Å². The molecule has 0 N–H and O–H groups in total. The van der Waals surface area contributed by atoms with Crippen molar-refractivity contribution in [1.29, 1.82) is 0 Å². The molecule has 2 aromatic carbocycles. The van der Waals surface area contributed by atoms with Crippen LogP contribution in [0.3, 0.4) is 0 Å². The molecule has 0 saturated heterocycles. The van der Waals surface area contributed by atoms with E-state index in [1.165, 1.54) is 16.3 Å². The van der Waals surface area contributed by atoms with Gasteiger partial charge in [0.25, 0.3) is 0 Å². The topological polar surface area (TPSA) is 0 Å². The van der Waals surface area contributed by atoms with Crippen LogP contribution in [0.4, 0.5) is 0 Å². The van der Waals surface area contributed by atoms with Gasteiger partial charge < -0.3 is 31.2 Å². The number of benzene rings is 1. The summed E-state index contributed by atoms with van der Waals surface area (Å²) < 4.78 is 0. The third kappa shape index (κ3) is 6.79. The van der Waals surface area contributed by atoms with Crippen LogP contribution in [0.25, 0.3) is 10.8 Å². The summed E-state index contributed by atoms with van der Waals surface area (Å²) in [5.41, 5.74) is 1.35. The van der Waals surface area contributed by atoms with E-state index in [4.69, 9.17) is 0 Å². The molecule has 0 aliphatic heterocycles. The Morgan fingerprint density at radius 1 is 1.06 bits per heavy atom. The Hall–Kier alpha value is 0.293. The third-order valence-corrected chi connectivity index (χ3v) is 1.76. The molecule has 0 bridgehead atoms. The first-order valence-corrected chi connectivity index (χ1v) is 4.64.